The van der Waals surface area contributed by atoms with E-state index < -0.39 is 68.7 Å². The number of phenols is 1. The molecule has 4 rings (SSSR count). The van der Waals surface area contributed by atoms with Crippen LogP contribution in [0.15, 0.2) is 44.4 Å². The van der Waals surface area contributed by atoms with Gasteiger partial charge in [-0.2, -0.15) is 0 Å². The Labute approximate surface area is 222 Å². The number of allylic oxidation sites excluding steroid dienone is 1. The highest BCUT2D eigenvalue weighted by Gasteiger charge is 2.59. The number of primary amides is 1. The average Bonchev–Trinajstić information content (AvgIpc) is 2.88. The number of likely N-dealkylation sites (N-methyl/N-ethyl adjacent to an activating group) is 1. The highest BCUT2D eigenvalue weighted by Crippen LogP contribution is 2.45. The van der Waals surface area contributed by atoms with Crippen molar-refractivity contribution in [3.63, 3.8) is 0 Å². The van der Waals surface area contributed by atoms with Gasteiger partial charge in [-0.05, 0) is 50.6 Å². The summed E-state index contributed by atoms with van der Waals surface area (Å²) in [5, 5.41) is 47.2. The SMILES string of the molecule is CC[C@H]1[C@H](N(C)C)C(O)=C(C(N)=O)C(=O)[C@@]1(O)/C(O)=C1\CCc2c(-c3c(NC)c(=O)c3=O)ccc(O)c2C1=O. The lowest BCUT2D eigenvalue weighted by atomic mass is 9.66. The number of carbonyl (C=O) groups is 3. The summed E-state index contributed by atoms with van der Waals surface area (Å²) >= 11 is 0. The van der Waals surface area contributed by atoms with Crippen LogP contribution in [0.25, 0.3) is 11.1 Å². The third-order valence-electron chi connectivity index (χ3n) is 7.76. The maximum absolute atomic E-state index is 13.7. The first kappa shape index (κ1) is 27.7. The van der Waals surface area contributed by atoms with Crippen molar-refractivity contribution in [2.45, 2.75) is 37.8 Å². The summed E-state index contributed by atoms with van der Waals surface area (Å²) in [5.41, 5.74) is 0.214. The molecule has 0 spiro atoms. The van der Waals surface area contributed by atoms with Gasteiger partial charge in [-0.3, -0.25) is 28.9 Å². The Morgan fingerprint density at radius 2 is 1.74 bits per heavy atom. The Morgan fingerprint density at radius 1 is 1.10 bits per heavy atom. The zero-order valence-electron chi connectivity index (χ0n) is 21.8. The number of rotatable bonds is 6. The van der Waals surface area contributed by atoms with Crippen molar-refractivity contribution in [1.82, 2.24) is 4.90 Å². The van der Waals surface area contributed by atoms with Crippen LogP contribution in [-0.2, 0) is 16.0 Å². The number of aromatic hydroxyl groups is 1. The van der Waals surface area contributed by atoms with Gasteiger partial charge in [0.2, 0.25) is 16.6 Å². The van der Waals surface area contributed by atoms with E-state index >= 15 is 0 Å². The number of nitrogens with one attached hydrogen (secondary N) is 1. The number of Topliss-reactive ketones (excluding diaryl/α,β-unsaturated/α-hetero) is 2. The average molecular weight is 540 g/mol. The second-order valence-corrected chi connectivity index (χ2v) is 9.94. The quantitative estimate of drug-likeness (QED) is 0.126. The van der Waals surface area contributed by atoms with Crippen LogP contribution in [0.4, 0.5) is 5.69 Å². The Bertz CT molecular complexity index is 1580. The van der Waals surface area contributed by atoms with Crippen LogP contribution >= 0.6 is 0 Å². The molecule has 7 N–H and O–H groups in total. The van der Waals surface area contributed by atoms with Gasteiger partial charge in [0.05, 0.1) is 22.9 Å². The van der Waals surface area contributed by atoms with Gasteiger partial charge in [0.15, 0.2) is 11.4 Å². The number of carbonyl (C=O) groups excluding carboxylic acids is 3. The van der Waals surface area contributed by atoms with Crippen LogP contribution in [0.3, 0.4) is 0 Å². The van der Waals surface area contributed by atoms with Gasteiger partial charge >= 0.3 is 0 Å². The molecule has 0 fully saturated rings. The molecule has 0 unspecified atom stereocenters. The van der Waals surface area contributed by atoms with Gasteiger partial charge in [0.1, 0.15) is 22.8 Å². The standard InChI is InChI=1S/C27H29N3O9/c1-5-13-19(30(3)4)21(33)17(26(28)38)25(37)27(13,39)24(36)12-7-6-10-11(8-9-14(31)15(10)20(12)32)16-18(29-2)23(35)22(16)34/h8-9,13,19,29,31,33,36,39H,5-7H2,1-4H3,(H2,28,38)/b24-12-/t13-,19-,27-/m0/s1. The van der Waals surface area contributed by atoms with Gasteiger partial charge in [0.25, 0.3) is 5.91 Å². The smallest absolute Gasteiger partial charge is 0.255 e. The molecule has 0 bridgehead atoms. The minimum Gasteiger partial charge on any atom is -0.510 e. The number of anilines is 1. The van der Waals surface area contributed by atoms with Gasteiger partial charge in [-0.1, -0.05) is 13.0 Å². The maximum atomic E-state index is 13.7. The van der Waals surface area contributed by atoms with Crippen LogP contribution in [0.2, 0.25) is 0 Å². The largest absolute Gasteiger partial charge is 0.510 e. The Hall–Kier alpha value is -4.29. The second kappa shape index (κ2) is 9.47. The molecule has 2 aliphatic carbocycles. The van der Waals surface area contributed by atoms with Crippen LogP contribution < -0.4 is 21.9 Å². The number of nitrogens with zero attached hydrogens (tertiary/aromatic N) is 1. The number of hydrogen-bond donors (Lipinski definition) is 6. The first-order valence-electron chi connectivity index (χ1n) is 12.3. The van der Waals surface area contributed by atoms with Gasteiger partial charge < -0.3 is 31.5 Å². The molecule has 2 aromatic carbocycles. The maximum Gasteiger partial charge on any atom is 0.255 e. The van der Waals surface area contributed by atoms with Crippen LogP contribution in [0.5, 0.6) is 5.75 Å². The van der Waals surface area contributed by atoms with Crippen LogP contribution in [0.1, 0.15) is 35.7 Å². The van der Waals surface area contributed by atoms with Crippen molar-refractivity contribution in [2.75, 3.05) is 26.5 Å². The number of benzene rings is 1. The molecule has 0 aliphatic heterocycles. The van der Waals surface area contributed by atoms with E-state index in [1.807, 2.05) is 0 Å². The van der Waals surface area contributed by atoms with Gasteiger partial charge in [-0.25, -0.2) is 0 Å². The summed E-state index contributed by atoms with van der Waals surface area (Å²) < 4.78 is 0. The predicted molar refractivity (Wildman–Crippen MR) is 140 cm³/mol. The van der Waals surface area contributed by atoms with Crippen LogP contribution in [0, 0.1) is 5.92 Å². The number of phenolic OH excluding ortho intramolecular Hbond substituents is 1. The normalized spacial score (nSPS) is 24.8. The monoisotopic (exact) mass is 539 g/mol. The summed E-state index contributed by atoms with van der Waals surface area (Å²) in [6.07, 6.45) is -0.178. The molecule has 12 heteroatoms. The summed E-state index contributed by atoms with van der Waals surface area (Å²) in [5.74, 6) is -6.89. The van der Waals surface area contributed by atoms with Crippen molar-refractivity contribution in [3.8, 4) is 16.9 Å². The van der Waals surface area contributed by atoms with Crippen molar-refractivity contribution >= 4 is 23.2 Å². The molecule has 39 heavy (non-hydrogen) atoms. The first-order chi connectivity index (χ1) is 18.2. The summed E-state index contributed by atoms with van der Waals surface area (Å²) in [6.45, 7) is 1.60. The molecule has 0 heterocycles. The van der Waals surface area contributed by atoms with Gasteiger partial charge in [0, 0.05) is 18.5 Å². The van der Waals surface area contributed by atoms with E-state index in [1.54, 1.807) is 6.92 Å². The summed E-state index contributed by atoms with van der Waals surface area (Å²) in [6, 6.07) is 1.47. The van der Waals surface area contributed by atoms with Crippen molar-refractivity contribution in [1.29, 1.82) is 0 Å². The fourth-order valence-electron chi connectivity index (χ4n) is 5.93. The molecule has 2 aliphatic rings. The molecule has 0 saturated heterocycles. The minimum atomic E-state index is -2.80. The first-order valence-corrected chi connectivity index (χ1v) is 12.3. The second-order valence-electron chi connectivity index (χ2n) is 9.94. The molecular weight excluding hydrogens is 510 g/mol. The Balaban J connectivity index is 1.93. The minimum absolute atomic E-state index is 0.00585. The number of ketones is 2. The topological polar surface area (TPSA) is 208 Å². The van der Waals surface area contributed by atoms with E-state index in [9.17, 15) is 44.4 Å². The molecule has 12 nitrogen and oxygen atoms in total. The number of aliphatic hydroxyl groups is 3. The van der Waals surface area contributed by atoms with E-state index in [0.29, 0.717) is 0 Å². The summed E-state index contributed by atoms with van der Waals surface area (Å²) in [7, 11) is 4.53. The van der Waals surface area contributed by atoms with E-state index in [4.69, 9.17) is 5.73 Å². The van der Waals surface area contributed by atoms with Crippen molar-refractivity contribution in [2.24, 2.45) is 11.7 Å². The number of fused-ring (bicyclic) bond motifs is 1. The fourth-order valence-corrected chi connectivity index (χ4v) is 5.93. The predicted octanol–water partition coefficient (Wildman–Crippen LogP) is 0.206. The molecule has 0 radical (unpaired) electrons. The lowest BCUT2D eigenvalue weighted by Gasteiger charge is -2.45. The molecule has 0 saturated carbocycles. The zero-order valence-corrected chi connectivity index (χ0v) is 21.8. The molecule has 206 valence electrons. The third-order valence-corrected chi connectivity index (χ3v) is 7.76. The highest BCUT2D eigenvalue weighted by molar-refractivity contribution is 6.24. The molecule has 3 atom stereocenters. The van der Waals surface area contributed by atoms with Crippen LogP contribution in [-0.4, -0.2) is 75.6 Å². The van der Waals surface area contributed by atoms with Gasteiger partial charge in [-0.15, -0.1) is 0 Å². The number of amides is 1. The Morgan fingerprint density at radius 3 is 2.28 bits per heavy atom. The zero-order chi connectivity index (χ0) is 29.1. The summed E-state index contributed by atoms with van der Waals surface area (Å²) in [4.78, 5) is 65.0. The van der Waals surface area contributed by atoms with E-state index in [0.717, 1.165) is 0 Å². The fraction of sp³-hybridized carbons (Fsp3) is 0.370. The van der Waals surface area contributed by atoms with E-state index in [-0.39, 0.29) is 52.8 Å². The number of aliphatic hydroxyl groups excluding tert-OH is 2. The lowest BCUT2D eigenvalue weighted by Crippen LogP contribution is -2.61. The van der Waals surface area contributed by atoms with Crippen molar-refractivity contribution < 1.29 is 34.8 Å². The number of hydrogen-bond acceptors (Lipinski definition) is 11. The molecule has 1 amide bonds. The number of nitrogens with two attached hydrogens (primary N) is 1. The Kier molecular flexibility index (Phi) is 6.74. The molecule has 0 aromatic heterocycles. The van der Waals surface area contributed by atoms with Crippen molar-refractivity contribution in [3.05, 3.63) is 66.4 Å². The molecular formula is C27H29N3O9. The lowest BCUT2D eigenvalue weighted by molar-refractivity contribution is -0.145. The van der Waals surface area contributed by atoms with E-state index in [2.05, 4.69) is 5.32 Å². The third kappa shape index (κ3) is 3.70. The molecule has 2 aromatic rings. The highest BCUT2D eigenvalue weighted by atomic mass is 16.3. The van der Waals surface area contributed by atoms with E-state index in [1.165, 1.54) is 38.2 Å².